The predicted octanol–water partition coefficient (Wildman–Crippen LogP) is 0.0711. The van der Waals surface area contributed by atoms with Gasteiger partial charge in [-0.05, 0) is 18.1 Å². The van der Waals surface area contributed by atoms with Gasteiger partial charge in [-0.3, -0.25) is 9.69 Å². The van der Waals surface area contributed by atoms with E-state index in [1.54, 1.807) is 18.2 Å². The molecule has 1 fully saturated rings. The molecule has 0 radical (unpaired) electrons. The van der Waals surface area contributed by atoms with E-state index >= 15 is 0 Å². The van der Waals surface area contributed by atoms with E-state index in [9.17, 15) is 9.59 Å². The minimum absolute atomic E-state index is 0.0616. The highest BCUT2D eigenvalue weighted by Crippen LogP contribution is 2.29. The lowest BCUT2D eigenvalue weighted by Gasteiger charge is -2.19. The molecule has 0 spiro atoms. The number of hydrogen-bond acceptors (Lipinski definition) is 6. The van der Waals surface area contributed by atoms with Crippen LogP contribution in [0.25, 0.3) is 0 Å². The number of rotatable bonds is 1. The molecule has 3 heterocycles. The van der Waals surface area contributed by atoms with E-state index in [1.807, 2.05) is 0 Å². The SMILES string of the molecule is O=C1COc2ccc(N3C[C@@H](C#CO)OC3=O)nc2N1. The van der Waals surface area contributed by atoms with Gasteiger partial charge in [0.2, 0.25) is 0 Å². The first-order valence-corrected chi connectivity index (χ1v) is 5.74. The number of amides is 2. The second kappa shape index (κ2) is 4.62. The van der Waals surface area contributed by atoms with E-state index in [-0.39, 0.29) is 24.9 Å². The van der Waals surface area contributed by atoms with Crippen molar-refractivity contribution in [2.45, 2.75) is 6.10 Å². The molecule has 1 aromatic rings. The molecule has 2 aliphatic heterocycles. The molecule has 2 N–H and O–H groups in total. The summed E-state index contributed by atoms with van der Waals surface area (Å²) in [5.74, 6) is 3.03. The summed E-state index contributed by atoms with van der Waals surface area (Å²) in [7, 11) is 0. The molecule has 8 heteroatoms. The minimum atomic E-state index is -0.712. The Balaban J connectivity index is 1.87. The van der Waals surface area contributed by atoms with Gasteiger partial charge in [-0.15, -0.1) is 0 Å². The average Bonchev–Trinajstić information content (AvgIpc) is 2.79. The first-order valence-electron chi connectivity index (χ1n) is 5.74. The Morgan fingerprint density at radius 2 is 2.30 bits per heavy atom. The Hall–Kier alpha value is -2.95. The molecule has 2 amide bonds. The molecule has 3 rings (SSSR count). The highest BCUT2D eigenvalue weighted by atomic mass is 16.6. The molecule has 1 saturated heterocycles. The zero-order valence-corrected chi connectivity index (χ0v) is 10.1. The Bertz CT molecular complexity index is 648. The Labute approximate surface area is 113 Å². The van der Waals surface area contributed by atoms with Crippen molar-refractivity contribution in [2.75, 3.05) is 23.4 Å². The molecule has 1 atom stereocenters. The molecule has 0 unspecified atom stereocenters. The van der Waals surface area contributed by atoms with E-state index in [2.05, 4.69) is 16.2 Å². The minimum Gasteiger partial charge on any atom is -0.480 e. The van der Waals surface area contributed by atoms with Crippen molar-refractivity contribution < 1.29 is 24.2 Å². The summed E-state index contributed by atoms with van der Waals surface area (Å²) >= 11 is 0. The van der Waals surface area contributed by atoms with E-state index in [4.69, 9.17) is 14.6 Å². The zero-order chi connectivity index (χ0) is 14.1. The summed E-state index contributed by atoms with van der Waals surface area (Å²) < 4.78 is 10.1. The van der Waals surface area contributed by atoms with Crippen LogP contribution in [0.4, 0.5) is 16.4 Å². The number of aliphatic hydroxyl groups excluding tert-OH is 1. The lowest BCUT2D eigenvalue weighted by molar-refractivity contribution is -0.118. The lowest BCUT2D eigenvalue weighted by atomic mass is 10.3. The topological polar surface area (TPSA) is 101 Å². The number of nitrogens with one attached hydrogen (secondary N) is 1. The molecule has 1 aromatic heterocycles. The van der Waals surface area contributed by atoms with Gasteiger partial charge in [0, 0.05) is 0 Å². The smallest absolute Gasteiger partial charge is 0.416 e. The molecule has 102 valence electrons. The van der Waals surface area contributed by atoms with Crippen LogP contribution in [0.1, 0.15) is 0 Å². The molecule has 0 saturated carbocycles. The van der Waals surface area contributed by atoms with Crippen LogP contribution < -0.4 is 15.0 Å². The Morgan fingerprint density at radius 3 is 3.10 bits per heavy atom. The number of carbonyl (C=O) groups excluding carboxylic acids is 2. The van der Waals surface area contributed by atoms with E-state index in [1.165, 1.54) is 4.90 Å². The number of carbonyl (C=O) groups is 2. The van der Waals surface area contributed by atoms with Crippen LogP contribution in [-0.2, 0) is 9.53 Å². The second-order valence-corrected chi connectivity index (χ2v) is 4.09. The first kappa shape index (κ1) is 12.1. The van der Waals surface area contributed by atoms with Gasteiger partial charge < -0.3 is 19.9 Å². The fourth-order valence-electron chi connectivity index (χ4n) is 1.90. The summed E-state index contributed by atoms with van der Waals surface area (Å²) in [5, 5.41) is 11.1. The largest absolute Gasteiger partial charge is 0.480 e. The van der Waals surface area contributed by atoms with Gasteiger partial charge in [0.25, 0.3) is 5.91 Å². The fourth-order valence-corrected chi connectivity index (χ4v) is 1.90. The van der Waals surface area contributed by atoms with Crippen LogP contribution in [0.15, 0.2) is 12.1 Å². The molecule has 0 aromatic carbocycles. The van der Waals surface area contributed by atoms with Crippen molar-refractivity contribution in [3.8, 4) is 17.8 Å². The maximum Gasteiger partial charge on any atom is 0.416 e. The van der Waals surface area contributed by atoms with Gasteiger partial charge in [0.05, 0.1) is 6.54 Å². The Morgan fingerprint density at radius 1 is 1.45 bits per heavy atom. The van der Waals surface area contributed by atoms with Crippen molar-refractivity contribution in [1.82, 2.24) is 4.98 Å². The fraction of sp³-hybridized carbons (Fsp3) is 0.250. The highest BCUT2D eigenvalue weighted by molar-refractivity contribution is 5.95. The van der Waals surface area contributed by atoms with Crippen LogP contribution in [-0.4, -0.2) is 41.3 Å². The van der Waals surface area contributed by atoms with Crippen LogP contribution in [0.3, 0.4) is 0 Å². The molecule has 20 heavy (non-hydrogen) atoms. The molecular weight excluding hydrogens is 266 g/mol. The van der Waals surface area contributed by atoms with Crippen molar-refractivity contribution >= 4 is 23.6 Å². The lowest BCUT2D eigenvalue weighted by Crippen LogP contribution is -2.29. The van der Waals surface area contributed by atoms with E-state index in [0.717, 1.165) is 0 Å². The van der Waals surface area contributed by atoms with Gasteiger partial charge in [-0.1, -0.05) is 0 Å². The van der Waals surface area contributed by atoms with Crippen molar-refractivity contribution in [1.29, 1.82) is 0 Å². The predicted molar refractivity (Wildman–Crippen MR) is 65.7 cm³/mol. The monoisotopic (exact) mass is 275 g/mol. The van der Waals surface area contributed by atoms with Crippen LogP contribution in [0, 0.1) is 12.0 Å². The summed E-state index contributed by atoms with van der Waals surface area (Å²) in [6.45, 7) is 0.0843. The molecule has 0 bridgehead atoms. The number of fused-ring (bicyclic) bond motifs is 1. The molecular formula is C12H9N3O5. The summed E-state index contributed by atoms with van der Waals surface area (Å²) in [5.41, 5.74) is 0. The van der Waals surface area contributed by atoms with Gasteiger partial charge in [-0.2, -0.15) is 0 Å². The number of nitrogens with zero attached hydrogens (tertiary/aromatic N) is 2. The molecule has 0 aliphatic carbocycles. The van der Waals surface area contributed by atoms with Crippen LogP contribution >= 0.6 is 0 Å². The van der Waals surface area contributed by atoms with Crippen molar-refractivity contribution in [3.05, 3.63) is 12.1 Å². The van der Waals surface area contributed by atoms with Crippen LogP contribution in [0.2, 0.25) is 0 Å². The highest BCUT2D eigenvalue weighted by Gasteiger charge is 2.33. The summed E-state index contributed by atoms with van der Waals surface area (Å²) in [6, 6.07) is 3.18. The number of hydrogen-bond donors (Lipinski definition) is 2. The standard InChI is InChI=1S/C12H9N3O5/c16-4-3-7-5-15(12(18)20-7)9-2-1-8-11(13-9)14-10(17)6-19-8/h1-2,7,16H,5-6H2,(H,13,14,17)/t7-/m1/s1. The van der Waals surface area contributed by atoms with Gasteiger partial charge in [0.15, 0.2) is 24.3 Å². The second-order valence-electron chi connectivity index (χ2n) is 4.09. The maximum absolute atomic E-state index is 11.7. The number of aliphatic hydroxyl groups is 1. The quantitative estimate of drug-likeness (QED) is 0.703. The van der Waals surface area contributed by atoms with E-state index < -0.39 is 12.2 Å². The molecule has 2 aliphatic rings. The number of cyclic esters (lactones) is 1. The van der Waals surface area contributed by atoms with Gasteiger partial charge in [0.1, 0.15) is 11.9 Å². The van der Waals surface area contributed by atoms with E-state index in [0.29, 0.717) is 11.6 Å². The molecule has 8 nitrogen and oxygen atoms in total. The van der Waals surface area contributed by atoms with Crippen molar-refractivity contribution in [3.63, 3.8) is 0 Å². The average molecular weight is 275 g/mol. The third-order valence-electron chi connectivity index (χ3n) is 2.77. The summed E-state index contributed by atoms with van der Waals surface area (Å²) in [4.78, 5) is 28.3. The normalized spacial score (nSPS) is 20.2. The van der Waals surface area contributed by atoms with Crippen LogP contribution in [0.5, 0.6) is 5.75 Å². The zero-order valence-electron chi connectivity index (χ0n) is 10.1. The number of anilines is 2. The number of aromatic nitrogens is 1. The number of ether oxygens (including phenoxy) is 2. The third-order valence-corrected chi connectivity index (χ3v) is 2.77. The van der Waals surface area contributed by atoms with Gasteiger partial charge in [-0.25, -0.2) is 9.78 Å². The third kappa shape index (κ3) is 2.05. The number of pyridine rings is 1. The Kier molecular flexibility index (Phi) is 2.80. The summed E-state index contributed by atoms with van der Waals surface area (Å²) in [6.07, 6.45) is 0.377. The maximum atomic E-state index is 11.7. The van der Waals surface area contributed by atoms with Crippen molar-refractivity contribution in [2.24, 2.45) is 0 Å². The first-order chi connectivity index (χ1) is 9.67. The van der Waals surface area contributed by atoms with Gasteiger partial charge >= 0.3 is 6.09 Å².